The molecule has 94 valence electrons. The molecule has 0 aliphatic heterocycles. The highest BCUT2D eigenvalue weighted by molar-refractivity contribution is 4.86. The van der Waals surface area contributed by atoms with Crippen molar-refractivity contribution in [1.82, 2.24) is 0 Å². The summed E-state index contributed by atoms with van der Waals surface area (Å²) in [6.45, 7) is 2.37. The van der Waals surface area contributed by atoms with Gasteiger partial charge in [-0.05, 0) is 25.2 Å². The van der Waals surface area contributed by atoms with Crippen LogP contribution in [-0.2, 0) is 0 Å². The zero-order valence-electron chi connectivity index (χ0n) is 11.2. The van der Waals surface area contributed by atoms with E-state index in [4.69, 9.17) is 0 Å². The number of allylic oxidation sites excluding steroid dienone is 2. The van der Waals surface area contributed by atoms with E-state index < -0.39 is 0 Å². The highest BCUT2D eigenvalue weighted by Gasteiger charge is 1.98. The zero-order valence-corrected chi connectivity index (χ0v) is 11.2. The number of hydrogen-bond donors (Lipinski definition) is 0. The van der Waals surface area contributed by atoms with Gasteiger partial charge in [0, 0.05) is 0 Å². The fourth-order valence-electron chi connectivity index (χ4n) is 2.57. The molecule has 0 radical (unpaired) electrons. The first-order valence-electron chi connectivity index (χ1n) is 7.56. The van der Waals surface area contributed by atoms with Crippen molar-refractivity contribution in [2.24, 2.45) is 5.92 Å². The van der Waals surface area contributed by atoms with Crippen LogP contribution in [0.25, 0.3) is 0 Å². The van der Waals surface area contributed by atoms with Crippen LogP contribution in [0, 0.1) is 5.92 Å². The van der Waals surface area contributed by atoms with Crippen LogP contribution in [0.4, 0.5) is 0 Å². The van der Waals surface area contributed by atoms with Gasteiger partial charge in [-0.2, -0.15) is 0 Å². The van der Waals surface area contributed by atoms with Crippen LogP contribution >= 0.6 is 0 Å². The fraction of sp³-hybridized carbons (Fsp3) is 0.875. The van der Waals surface area contributed by atoms with E-state index in [9.17, 15) is 0 Å². The van der Waals surface area contributed by atoms with Crippen molar-refractivity contribution in [2.45, 2.75) is 84.0 Å². The van der Waals surface area contributed by atoms with Gasteiger partial charge in [-0.15, -0.1) is 0 Å². The first-order valence-corrected chi connectivity index (χ1v) is 7.56. The maximum Gasteiger partial charge on any atom is -0.0262 e. The molecule has 0 N–H and O–H groups in total. The van der Waals surface area contributed by atoms with Gasteiger partial charge in [-0.1, -0.05) is 76.9 Å². The molecule has 0 aromatic heterocycles. The summed E-state index contributed by atoms with van der Waals surface area (Å²) in [4.78, 5) is 0. The molecule has 0 saturated heterocycles. The van der Waals surface area contributed by atoms with Crippen LogP contribution in [0.5, 0.6) is 0 Å². The van der Waals surface area contributed by atoms with Crippen LogP contribution in [0.15, 0.2) is 12.2 Å². The van der Waals surface area contributed by atoms with E-state index in [-0.39, 0.29) is 0 Å². The van der Waals surface area contributed by atoms with Crippen molar-refractivity contribution in [3.8, 4) is 0 Å². The SMILES string of the molecule is CC1C=CCCCCCCCCCCCC1. The monoisotopic (exact) mass is 222 g/mol. The first kappa shape index (κ1) is 13.8. The fourth-order valence-corrected chi connectivity index (χ4v) is 2.57. The summed E-state index contributed by atoms with van der Waals surface area (Å²) in [5.41, 5.74) is 0. The normalized spacial score (nSPS) is 26.9. The Balaban J connectivity index is 2.18. The zero-order chi connectivity index (χ0) is 11.5. The molecule has 1 unspecified atom stereocenters. The van der Waals surface area contributed by atoms with Gasteiger partial charge in [-0.25, -0.2) is 0 Å². The summed E-state index contributed by atoms with van der Waals surface area (Å²) in [6.07, 6.45) is 22.2. The van der Waals surface area contributed by atoms with Crippen molar-refractivity contribution in [3.05, 3.63) is 12.2 Å². The van der Waals surface area contributed by atoms with Crippen molar-refractivity contribution in [2.75, 3.05) is 0 Å². The van der Waals surface area contributed by atoms with Gasteiger partial charge in [0.15, 0.2) is 0 Å². The Hall–Kier alpha value is -0.260. The molecule has 0 aromatic carbocycles. The molecule has 1 aliphatic carbocycles. The average Bonchev–Trinajstić information content (AvgIpc) is 2.29. The van der Waals surface area contributed by atoms with Crippen molar-refractivity contribution < 1.29 is 0 Å². The largest absolute Gasteiger partial charge is 0.0883 e. The summed E-state index contributed by atoms with van der Waals surface area (Å²) in [5.74, 6) is 0.810. The predicted octanol–water partition coefficient (Wildman–Crippen LogP) is 5.87. The van der Waals surface area contributed by atoms with Gasteiger partial charge >= 0.3 is 0 Å². The van der Waals surface area contributed by atoms with Crippen LogP contribution in [0.1, 0.15) is 84.0 Å². The Bertz CT molecular complexity index is 169. The molecule has 0 nitrogen and oxygen atoms in total. The highest BCUT2D eigenvalue weighted by Crippen LogP contribution is 2.16. The molecule has 16 heavy (non-hydrogen) atoms. The maximum atomic E-state index is 2.44. The summed E-state index contributed by atoms with van der Waals surface area (Å²) < 4.78 is 0. The molecule has 0 amide bonds. The summed E-state index contributed by atoms with van der Waals surface area (Å²) in [5, 5.41) is 0. The van der Waals surface area contributed by atoms with Gasteiger partial charge in [-0.3, -0.25) is 0 Å². The Morgan fingerprint density at radius 1 is 0.688 bits per heavy atom. The molecular weight excluding hydrogens is 192 g/mol. The Kier molecular flexibility index (Phi) is 8.57. The van der Waals surface area contributed by atoms with Gasteiger partial charge in [0.2, 0.25) is 0 Å². The smallest absolute Gasteiger partial charge is 0.0262 e. The number of hydrogen-bond acceptors (Lipinski definition) is 0. The molecule has 0 heterocycles. The van der Waals surface area contributed by atoms with Gasteiger partial charge in [0.05, 0.1) is 0 Å². The van der Waals surface area contributed by atoms with E-state index >= 15 is 0 Å². The highest BCUT2D eigenvalue weighted by atomic mass is 14.0. The molecule has 0 bridgehead atoms. The quantitative estimate of drug-likeness (QED) is 0.449. The summed E-state index contributed by atoms with van der Waals surface area (Å²) >= 11 is 0. The van der Waals surface area contributed by atoms with Crippen molar-refractivity contribution in [1.29, 1.82) is 0 Å². The second-order valence-electron chi connectivity index (χ2n) is 5.52. The summed E-state index contributed by atoms with van der Waals surface area (Å²) in [6, 6.07) is 0. The number of rotatable bonds is 0. The predicted molar refractivity (Wildman–Crippen MR) is 73.7 cm³/mol. The standard InChI is InChI=1S/C16H30/c1-16-14-12-10-8-6-4-2-3-5-7-9-11-13-15-16/h12,14,16H,2-11,13,15H2,1H3. The average molecular weight is 222 g/mol. The van der Waals surface area contributed by atoms with E-state index in [0.29, 0.717) is 0 Å². The maximum absolute atomic E-state index is 2.44. The van der Waals surface area contributed by atoms with Gasteiger partial charge < -0.3 is 0 Å². The topological polar surface area (TPSA) is 0 Å². The molecule has 0 heteroatoms. The van der Waals surface area contributed by atoms with Crippen LogP contribution in [-0.4, -0.2) is 0 Å². The van der Waals surface area contributed by atoms with E-state index in [2.05, 4.69) is 19.1 Å². The van der Waals surface area contributed by atoms with Crippen LogP contribution in [0.2, 0.25) is 0 Å². The molecule has 0 aromatic rings. The molecule has 1 aliphatic rings. The van der Waals surface area contributed by atoms with E-state index in [1.54, 1.807) is 0 Å². The first-order chi connectivity index (χ1) is 7.89. The minimum atomic E-state index is 0.810. The molecule has 1 rings (SSSR count). The third kappa shape index (κ3) is 7.96. The molecule has 0 saturated carbocycles. The van der Waals surface area contributed by atoms with Gasteiger partial charge in [0.1, 0.15) is 0 Å². The Morgan fingerprint density at radius 3 is 1.81 bits per heavy atom. The second-order valence-corrected chi connectivity index (χ2v) is 5.52. The van der Waals surface area contributed by atoms with Crippen LogP contribution < -0.4 is 0 Å². The van der Waals surface area contributed by atoms with E-state index in [1.807, 2.05) is 0 Å². The lowest BCUT2D eigenvalue weighted by atomic mass is 10.0. The van der Waals surface area contributed by atoms with Crippen molar-refractivity contribution >= 4 is 0 Å². The van der Waals surface area contributed by atoms with E-state index in [0.717, 1.165) is 5.92 Å². The minimum Gasteiger partial charge on any atom is -0.0883 e. The molecule has 0 fully saturated rings. The minimum absolute atomic E-state index is 0.810. The lowest BCUT2D eigenvalue weighted by Gasteiger charge is -2.05. The van der Waals surface area contributed by atoms with Crippen LogP contribution in [0.3, 0.4) is 0 Å². The lowest BCUT2D eigenvalue weighted by Crippen LogP contribution is -1.89. The molecule has 1 atom stereocenters. The Labute approximate surface area is 103 Å². The van der Waals surface area contributed by atoms with E-state index in [1.165, 1.54) is 77.0 Å². The Morgan fingerprint density at radius 2 is 1.19 bits per heavy atom. The van der Waals surface area contributed by atoms with Gasteiger partial charge in [0.25, 0.3) is 0 Å². The molecular formula is C16H30. The second kappa shape index (κ2) is 9.93. The summed E-state index contributed by atoms with van der Waals surface area (Å²) in [7, 11) is 0. The third-order valence-electron chi connectivity index (χ3n) is 3.74. The van der Waals surface area contributed by atoms with Crippen molar-refractivity contribution in [3.63, 3.8) is 0 Å². The molecule has 0 spiro atoms. The third-order valence-corrected chi connectivity index (χ3v) is 3.74. The lowest BCUT2D eigenvalue weighted by molar-refractivity contribution is 0.528.